The van der Waals surface area contributed by atoms with Gasteiger partial charge in [0.15, 0.2) is 17.4 Å². The highest BCUT2D eigenvalue weighted by atomic mass is 19.1. The zero-order valence-corrected chi connectivity index (χ0v) is 5.70. The van der Waals surface area contributed by atoms with Crippen LogP contribution in [0.3, 0.4) is 0 Å². The van der Waals surface area contributed by atoms with Crippen molar-refractivity contribution in [3.63, 3.8) is 0 Å². The molecule has 11 heavy (non-hydrogen) atoms. The molecule has 0 unspecified atom stereocenters. The van der Waals surface area contributed by atoms with Crippen molar-refractivity contribution in [3.05, 3.63) is 29.6 Å². The van der Waals surface area contributed by atoms with Gasteiger partial charge in [0.05, 0.1) is 7.11 Å². The number of halogens is 3. The average molecular weight is 162 g/mol. The summed E-state index contributed by atoms with van der Waals surface area (Å²) in [6, 6.07) is 1.11. The summed E-state index contributed by atoms with van der Waals surface area (Å²) in [5.41, 5.74) is 0. The minimum Gasteiger partial charge on any atom is -0.491 e. The normalized spacial score (nSPS) is 9.82. The number of ether oxygens (including phenoxy) is 1. The smallest absolute Gasteiger partial charge is 0.190 e. The lowest BCUT2D eigenvalue weighted by Gasteiger charge is -2.01. The van der Waals surface area contributed by atoms with E-state index >= 15 is 0 Å². The summed E-state index contributed by atoms with van der Waals surface area (Å²) in [6.45, 7) is 0. The van der Waals surface area contributed by atoms with Gasteiger partial charge >= 0.3 is 0 Å². The summed E-state index contributed by atoms with van der Waals surface area (Å²) >= 11 is 0. The van der Waals surface area contributed by atoms with E-state index in [0.29, 0.717) is 12.1 Å². The molecule has 0 fully saturated rings. The van der Waals surface area contributed by atoms with E-state index in [-0.39, 0.29) is 0 Å². The fraction of sp³-hybridized carbons (Fsp3) is 0.143. The molecule has 0 heterocycles. The largest absolute Gasteiger partial charge is 0.491 e. The van der Waals surface area contributed by atoms with Crippen molar-refractivity contribution in [1.29, 1.82) is 0 Å². The van der Waals surface area contributed by atoms with Gasteiger partial charge in [0.25, 0.3) is 0 Å². The number of rotatable bonds is 1. The average Bonchev–Trinajstić information content (AvgIpc) is 1.85. The van der Waals surface area contributed by atoms with Crippen molar-refractivity contribution in [2.24, 2.45) is 0 Å². The van der Waals surface area contributed by atoms with Crippen LogP contribution >= 0.6 is 0 Å². The van der Waals surface area contributed by atoms with Crippen LogP contribution in [0.5, 0.6) is 5.75 Å². The highest BCUT2D eigenvalue weighted by molar-refractivity contribution is 5.26. The van der Waals surface area contributed by atoms with E-state index < -0.39 is 23.2 Å². The molecule has 0 aliphatic rings. The molecule has 1 aromatic carbocycles. The van der Waals surface area contributed by atoms with Gasteiger partial charge in [-0.05, 0) is 0 Å². The van der Waals surface area contributed by atoms with Crippen LogP contribution in [0.25, 0.3) is 0 Å². The van der Waals surface area contributed by atoms with Crippen molar-refractivity contribution in [2.75, 3.05) is 7.11 Å². The maximum atomic E-state index is 12.5. The molecule has 0 saturated heterocycles. The second kappa shape index (κ2) is 2.82. The quantitative estimate of drug-likeness (QED) is 0.614. The van der Waals surface area contributed by atoms with Crippen molar-refractivity contribution in [2.45, 2.75) is 0 Å². The molecule has 0 aromatic heterocycles. The highest BCUT2D eigenvalue weighted by Crippen LogP contribution is 2.21. The lowest BCUT2D eigenvalue weighted by atomic mass is 10.3. The Kier molecular flexibility index (Phi) is 2.03. The molecule has 0 N–H and O–H groups in total. The summed E-state index contributed by atoms with van der Waals surface area (Å²) in [5, 5.41) is 0. The van der Waals surface area contributed by atoms with Gasteiger partial charge in [0.1, 0.15) is 5.82 Å². The van der Waals surface area contributed by atoms with E-state index in [1.807, 2.05) is 0 Å². The maximum Gasteiger partial charge on any atom is 0.190 e. The van der Waals surface area contributed by atoms with Gasteiger partial charge in [0, 0.05) is 12.1 Å². The Morgan fingerprint density at radius 2 is 1.55 bits per heavy atom. The van der Waals surface area contributed by atoms with Crippen molar-refractivity contribution < 1.29 is 17.9 Å². The third-order valence-electron chi connectivity index (χ3n) is 1.17. The van der Waals surface area contributed by atoms with Gasteiger partial charge in [-0.2, -0.15) is 0 Å². The summed E-state index contributed by atoms with van der Waals surface area (Å²) in [4.78, 5) is 0. The predicted molar refractivity (Wildman–Crippen MR) is 32.9 cm³/mol. The number of hydrogen-bond donors (Lipinski definition) is 0. The fourth-order valence-corrected chi connectivity index (χ4v) is 0.724. The lowest BCUT2D eigenvalue weighted by molar-refractivity contribution is 0.356. The zero-order valence-electron chi connectivity index (χ0n) is 5.70. The molecule has 0 radical (unpaired) electrons. The third-order valence-corrected chi connectivity index (χ3v) is 1.17. The molecule has 0 spiro atoms. The van der Waals surface area contributed by atoms with E-state index in [9.17, 15) is 13.2 Å². The van der Waals surface area contributed by atoms with E-state index in [0.717, 1.165) is 7.11 Å². The first-order chi connectivity index (χ1) is 5.15. The molecule has 1 rings (SSSR count). The highest BCUT2D eigenvalue weighted by Gasteiger charge is 2.10. The molecule has 0 amide bonds. The molecule has 0 saturated carbocycles. The number of hydrogen-bond acceptors (Lipinski definition) is 1. The molecule has 4 heteroatoms. The van der Waals surface area contributed by atoms with Gasteiger partial charge in [-0.25, -0.2) is 13.2 Å². The lowest BCUT2D eigenvalue weighted by Crippen LogP contribution is -1.93. The first kappa shape index (κ1) is 7.91. The van der Waals surface area contributed by atoms with Gasteiger partial charge < -0.3 is 4.74 Å². The maximum absolute atomic E-state index is 12.5. The third kappa shape index (κ3) is 1.45. The molecular formula is C7H5F3O. The Labute approximate surface area is 61.4 Å². The Bertz CT molecular complexity index is 249. The van der Waals surface area contributed by atoms with Crippen molar-refractivity contribution in [3.8, 4) is 5.75 Å². The van der Waals surface area contributed by atoms with E-state index in [1.165, 1.54) is 0 Å². The second-order valence-electron chi connectivity index (χ2n) is 1.90. The molecule has 1 nitrogen and oxygen atoms in total. The van der Waals surface area contributed by atoms with Crippen LogP contribution in [0.2, 0.25) is 0 Å². The van der Waals surface area contributed by atoms with Crippen LogP contribution in [0, 0.1) is 17.5 Å². The van der Waals surface area contributed by atoms with E-state index in [4.69, 9.17) is 0 Å². The van der Waals surface area contributed by atoms with Crippen LogP contribution in [0.15, 0.2) is 12.1 Å². The molecule has 1 aromatic rings. The molecule has 60 valence electrons. The molecule has 0 aliphatic heterocycles. The van der Waals surface area contributed by atoms with Crippen LogP contribution in [-0.4, -0.2) is 7.11 Å². The number of benzene rings is 1. The SMILES string of the molecule is COc1c(F)cc(F)cc1F. The van der Waals surface area contributed by atoms with Crippen LogP contribution in [-0.2, 0) is 0 Å². The Balaban J connectivity index is 3.25. The minimum atomic E-state index is -1.04. The fourth-order valence-electron chi connectivity index (χ4n) is 0.724. The summed E-state index contributed by atoms with van der Waals surface area (Å²) in [7, 11) is 1.11. The van der Waals surface area contributed by atoms with Gasteiger partial charge in [-0.15, -0.1) is 0 Å². The van der Waals surface area contributed by atoms with Crippen LogP contribution in [0.4, 0.5) is 13.2 Å². The summed E-state index contributed by atoms with van der Waals surface area (Å²) < 4.78 is 41.5. The monoisotopic (exact) mass is 162 g/mol. The van der Waals surface area contributed by atoms with Gasteiger partial charge in [0.2, 0.25) is 0 Å². The van der Waals surface area contributed by atoms with Gasteiger partial charge in [-0.3, -0.25) is 0 Å². The first-order valence-corrected chi connectivity index (χ1v) is 2.83. The predicted octanol–water partition coefficient (Wildman–Crippen LogP) is 2.11. The van der Waals surface area contributed by atoms with Crippen molar-refractivity contribution in [1.82, 2.24) is 0 Å². The Morgan fingerprint density at radius 1 is 1.09 bits per heavy atom. The minimum absolute atomic E-state index is 0.557. The molecule has 0 bridgehead atoms. The van der Waals surface area contributed by atoms with E-state index in [1.54, 1.807) is 0 Å². The van der Waals surface area contributed by atoms with Crippen LogP contribution in [0.1, 0.15) is 0 Å². The second-order valence-corrected chi connectivity index (χ2v) is 1.90. The van der Waals surface area contributed by atoms with Gasteiger partial charge in [-0.1, -0.05) is 0 Å². The number of methoxy groups -OCH3 is 1. The zero-order chi connectivity index (χ0) is 8.43. The summed E-state index contributed by atoms with van der Waals surface area (Å²) in [5.74, 6) is -3.60. The molecule has 0 atom stereocenters. The van der Waals surface area contributed by atoms with Crippen molar-refractivity contribution >= 4 is 0 Å². The molecule has 0 aliphatic carbocycles. The molecular weight excluding hydrogens is 157 g/mol. The van der Waals surface area contributed by atoms with Crippen LogP contribution < -0.4 is 4.74 Å². The topological polar surface area (TPSA) is 9.23 Å². The first-order valence-electron chi connectivity index (χ1n) is 2.83. The Morgan fingerprint density at radius 3 is 1.91 bits per heavy atom. The standard InChI is InChI=1S/C7H5F3O/c1-11-7-5(9)2-4(8)3-6(7)10/h2-3H,1H3. The van der Waals surface area contributed by atoms with E-state index in [2.05, 4.69) is 4.74 Å². The summed E-state index contributed by atoms with van der Waals surface area (Å²) in [6.07, 6.45) is 0. The Hall–Kier alpha value is -1.19.